The van der Waals surface area contributed by atoms with Crippen molar-refractivity contribution in [2.75, 3.05) is 20.3 Å². The Balaban J connectivity index is 2.29. The minimum absolute atomic E-state index is 0.0810. The van der Waals surface area contributed by atoms with Gasteiger partial charge in [-0.25, -0.2) is 0 Å². The molecule has 0 unspecified atom stereocenters. The van der Waals surface area contributed by atoms with Crippen molar-refractivity contribution in [3.8, 4) is 5.75 Å². The number of ether oxygens (including phenoxy) is 2. The lowest BCUT2D eigenvalue weighted by Gasteiger charge is -2.13. The van der Waals surface area contributed by atoms with E-state index in [0.717, 1.165) is 22.9 Å². The van der Waals surface area contributed by atoms with Crippen LogP contribution in [0.5, 0.6) is 5.75 Å². The summed E-state index contributed by atoms with van der Waals surface area (Å²) in [6.45, 7) is 5.11. The second-order valence-electron chi connectivity index (χ2n) is 5.52. The average molecular weight is 301 g/mol. The van der Waals surface area contributed by atoms with Crippen LogP contribution < -0.4 is 10.1 Å². The van der Waals surface area contributed by atoms with Crippen LogP contribution in [0.4, 0.5) is 0 Å². The molecule has 22 heavy (non-hydrogen) atoms. The molecule has 1 amide bonds. The van der Waals surface area contributed by atoms with Gasteiger partial charge in [-0.2, -0.15) is 0 Å². The highest BCUT2D eigenvalue weighted by Gasteiger charge is 2.12. The molecule has 0 radical (unpaired) electrons. The van der Waals surface area contributed by atoms with E-state index in [-0.39, 0.29) is 11.9 Å². The molecule has 2 rings (SSSR count). The smallest absolute Gasteiger partial charge is 0.251 e. The number of methoxy groups -OCH3 is 1. The van der Waals surface area contributed by atoms with Gasteiger partial charge in [0, 0.05) is 37.1 Å². The molecule has 0 heterocycles. The molecule has 0 aliphatic carbocycles. The van der Waals surface area contributed by atoms with Gasteiger partial charge in [0.25, 0.3) is 5.91 Å². The van der Waals surface area contributed by atoms with E-state index >= 15 is 0 Å². The van der Waals surface area contributed by atoms with Crippen LogP contribution in [0.2, 0.25) is 0 Å². The van der Waals surface area contributed by atoms with E-state index in [9.17, 15) is 4.79 Å². The maximum Gasteiger partial charge on any atom is 0.251 e. The van der Waals surface area contributed by atoms with Gasteiger partial charge in [-0.15, -0.1) is 0 Å². The molecule has 4 heteroatoms. The van der Waals surface area contributed by atoms with Crippen molar-refractivity contribution in [2.24, 2.45) is 0 Å². The fraction of sp³-hybridized carbons (Fsp3) is 0.389. The highest BCUT2D eigenvalue weighted by Crippen LogP contribution is 2.28. The summed E-state index contributed by atoms with van der Waals surface area (Å²) in [7, 11) is 1.67. The zero-order chi connectivity index (χ0) is 15.9. The summed E-state index contributed by atoms with van der Waals surface area (Å²) in [6, 6.07) is 11.7. The van der Waals surface area contributed by atoms with Gasteiger partial charge in [-0.3, -0.25) is 4.79 Å². The van der Waals surface area contributed by atoms with Crippen LogP contribution in [-0.2, 0) is 4.74 Å². The predicted octanol–water partition coefficient (Wildman–Crippen LogP) is 3.39. The summed E-state index contributed by atoms with van der Waals surface area (Å²) in [4.78, 5) is 12.2. The monoisotopic (exact) mass is 301 g/mol. The van der Waals surface area contributed by atoms with Gasteiger partial charge < -0.3 is 14.8 Å². The van der Waals surface area contributed by atoms with Crippen molar-refractivity contribution in [3.05, 3.63) is 42.0 Å². The standard InChI is InChI=1S/C18H23NO3/c1-13(2)19-18(20)15-11-14-7-4-5-8-16(14)17(12-15)22-10-6-9-21-3/h4-5,7-8,11-13H,6,9-10H2,1-3H3,(H,19,20). The Labute approximate surface area is 131 Å². The average Bonchev–Trinajstić information content (AvgIpc) is 2.50. The molecule has 0 aliphatic rings. The molecule has 0 aliphatic heterocycles. The first kappa shape index (κ1) is 16.3. The van der Waals surface area contributed by atoms with Crippen LogP contribution in [-0.4, -0.2) is 32.3 Å². The summed E-state index contributed by atoms with van der Waals surface area (Å²) < 4.78 is 10.9. The Bertz CT molecular complexity index is 637. The molecule has 2 aromatic rings. The van der Waals surface area contributed by atoms with E-state index in [2.05, 4.69) is 5.32 Å². The lowest BCUT2D eigenvalue weighted by molar-refractivity contribution is 0.0942. The number of hydrogen-bond acceptors (Lipinski definition) is 3. The quantitative estimate of drug-likeness (QED) is 0.797. The third-order valence-corrected chi connectivity index (χ3v) is 3.26. The third kappa shape index (κ3) is 4.21. The fourth-order valence-corrected chi connectivity index (χ4v) is 2.26. The van der Waals surface area contributed by atoms with Crippen molar-refractivity contribution < 1.29 is 14.3 Å². The van der Waals surface area contributed by atoms with Crippen LogP contribution in [0, 0.1) is 0 Å². The number of amides is 1. The normalized spacial score (nSPS) is 10.9. The predicted molar refractivity (Wildman–Crippen MR) is 88.5 cm³/mol. The van der Waals surface area contributed by atoms with Crippen molar-refractivity contribution in [2.45, 2.75) is 26.3 Å². The molecule has 0 saturated carbocycles. The molecule has 4 nitrogen and oxygen atoms in total. The Morgan fingerprint density at radius 1 is 1.18 bits per heavy atom. The fourth-order valence-electron chi connectivity index (χ4n) is 2.26. The number of rotatable bonds is 7. The second-order valence-corrected chi connectivity index (χ2v) is 5.52. The summed E-state index contributed by atoms with van der Waals surface area (Å²) in [5.74, 6) is 0.658. The van der Waals surface area contributed by atoms with Crippen LogP contribution in [0.3, 0.4) is 0 Å². The van der Waals surface area contributed by atoms with E-state index in [4.69, 9.17) is 9.47 Å². The Hall–Kier alpha value is -2.07. The molecule has 118 valence electrons. The van der Waals surface area contributed by atoms with E-state index in [1.807, 2.05) is 50.2 Å². The summed E-state index contributed by atoms with van der Waals surface area (Å²) in [5.41, 5.74) is 0.620. The molecule has 0 saturated heterocycles. The first-order valence-electron chi connectivity index (χ1n) is 7.57. The minimum Gasteiger partial charge on any atom is -0.493 e. The number of carbonyl (C=O) groups is 1. The van der Waals surface area contributed by atoms with Gasteiger partial charge >= 0.3 is 0 Å². The lowest BCUT2D eigenvalue weighted by Crippen LogP contribution is -2.30. The highest BCUT2D eigenvalue weighted by atomic mass is 16.5. The van der Waals surface area contributed by atoms with Gasteiger partial charge in [0.1, 0.15) is 5.75 Å². The lowest BCUT2D eigenvalue weighted by atomic mass is 10.1. The highest BCUT2D eigenvalue weighted by molar-refractivity contribution is 6.00. The van der Waals surface area contributed by atoms with Crippen molar-refractivity contribution >= 4 is 16.7 Å². The Kier molecular flexibility index (Phi) is 5.78. The molecular weight excluding hydrogens is 278 g/mol. The Morgan fingerprint density at radius 3 is 2.68 bits per heavy atom. The number of carbonyl (C=O) groups excluding carboxylic acids is 1. The maximum absolute atomic E-state index is 12.2. The Morgan fingerprint density at radius 2 is 1.95 bits per heavy atom. The van der Waals surface area contributed by atoms with Crippen LogP contribution in [0.15, 0.2) is 36.4 Å². The topological polar surface area (TPSA) is 47.6 Å². The number of hydrogen-bond donors (Lipinski definition) is 1. The van der Waals surface area contributed by atoms with E-state index in [0.29, 0.717) is 18.8 Å². The maximum atomic E-state index is 12.2. The van der Waals surface area contributed by atoms with Gasteiger partial charge in [-0.1, -0.05) is 24.3 Å². The van der Waals surface area contributed by atoms with E-state index in [1.165, 1.54) is 0 Å². The van der Waals surface area contributed by atoms with E-state index < -0.39 is 0 Å². The van der Waals surface area contributed by atoms with Gasteiger partial charge in [0.05, 0.1) is 6.61 Å². The summed E-state index contributed by atoms with van der Waals surface area (Å²) in [5, 5.41) is 4.93. The molecule has 0 bridgehead atoms. The zero-order valence-electron chi connectivity index (χ0n) is 13.4. The van der Waals surface area contributed by atoms with Gasteiger partial charge in [0.15, 0.2) is 0 Å². The first-order valence-corrected chi connectivity index (χ1v) is 7.57. The summed E-state index contributed by atoms with van der Waals surface area (Å²) >= 11 is 0. The molecular formula is C18H23NO3. The van der Waals surface area contributed by atoms with Crippen molar-refractivity contribution in [3.63, 3.8) is 0 Å². The van der Waals surface area contributed by atoms with Gasteiger partial charge in [0.2, 0.25) is 0 Å². The number of benzene rings is 2. The van der Waals surface area contributed by atoms with Crippen molar-refractivity contribution in [1.82, 2.24) is 5.32 Å². The SMILES string of the molecule is COCCCOc1cc(C(=O)NC(C)C)cc2ccccc12. The van der Waals surface area contributed by atoms with Crippen LogP contribution in [0.1, 0.15) is 30.6 Å². The minimum atomic E-state index is -0.0810. The molecule has 0 spiro atoms. The van der Waals surface area contributed by atoms with Crippen LogP contribution >= 0.6 is 0 Å². The van der Waals surface area contributed by atoms with Crippen LogP contribution in [0.25, 0.3) is 10.8 Å². The molecule has 0 aromatic heterocycles. The molecule has 0 atom stereocenters. The number of nitrogens with one attached hydrogen (secondary N) is 1. The molecule has 2 aromatic carbocycles. The summed E-state index contributed by atoms with van der Waals surface area (Å²) in [6.07, 6.45) is 0.813. The largest absolute Gasteiger partial charge is 0.493 e. The first-order chi connectivity index (χ1) is 10.6. The van der Waals surface area contributed by atoms with Gasteiger partial charge in [-0.05, 0) is 31.4 Å². The molecule has 1 N–H and O–H groups in total. The van der Waals surface area contributed by atoms with Crippen molar-refractivity contribution in [1.29, 1.82) is 0 Å². The second kappa shape index (κ2) is 7.80. The zero-order valence-corrected chi connectivity index (χ0v) is 13.4. The molecule has 0 fully saturated rings. The third-order valence-electron chi connectivity index (χ3n) is 3.26. The number of fused-ring (bicyclic) bond motifs is 1. The van der Waals surface area contributed by atoms with E-state index in [1.54, 1.807) is 7.11 Å².